The Kier molecular flexibility index (Phi) is 2.57. The van der Waals surface area contributed by atoms with E-state index in [1.807, 2.05) is 18.5 Å². The fourth-order valence-electron chi connectivity index (χ4n) is 2.56. The molecule has 4 rings (SSSR count). The molecular formula is C16H15N3O. The molecule has 2 aromatic heterocycles. The minimum atomic E-state index is 0.385. The first kappa shape index (κ1) is 11.6. The van der Waals surface area contributed by atoms with Gasteiger partial charge in [0.25, 0.3) is 0 Å². The number of hydrogen-bond acceptors (Lipinski definition) is 3. The van der Waals surface area contributed by atoms with E-state index in [0.717, 1.165) is 35.4 Å². The Balaban J connectivity index is 1.79. The van der Waals surface area contributed by atoms with E-state index in [2.05, 4.69) is 46.0 Å². The second-order valence-electron chi connectivity index (χ2n) is 5.27. The summed E-state index contributed by atoms with van der Waals surface area (Å²) in [5, 5.41) is 5.64. The van der Waals surface area contributed by atoms with E-state index in [4.69, 9.17) is 4.74 Å². The monoisotopic (exact) mass is 265 g/mol. The number of nitrogens with zero attached hydrogens (tertiary/aromatic N) is 3. The quantitative estimate of drug-likeness (QED) is 0.715. The van der Waals surface area contributed by atoms with Gasteiger partial charge in [-0.2, -0.15) is 5.10 Å². The predicted octanol–water partition coefficient (Wildman–Crippen LogP) is 2.98. The van der Waals surface area contributed by atoms with E-state index in [9.17, 15) is 0 Å². The molecule has 100 valence electrons. The molecule has 0 aliphatic carbocycles. The van der Waals surface area contributed by atoms with Crippen LogP contribution < -0.4 is 0 Å². The molecule has 1 aliphatic heterocycles. The minimum absolute atomic E-state index is 0.385. The third-order valence-corrected chi connectivity index (χ3v) is 3.77. The van der Waals surface area contributed by atoms with E-state index in [1.54, 1.807) is 0 Å². The standard InChI is InChI=1S/C16H15N3O/c1-11-4-5-17-15(6-11)12-2-3-16-13(7-12)8-18-19(16)14-9-20-10-14/h2-8,14H,9-10H2,1H3. The number of ether oxygens (including phenoxy) is 1. The van der Waals surface area contributed by atoms with Gasteiger partial charge >= 0.3 is 0 Å². The number of hydrogen-bond donors (Lipinski definition) is 0. The first-order chi connectivity index (χ1) is 9.81. The maximum atomic E-state index is 5.24. The lowest BCUT2D eigenvalue weighted by Crippen LogP contribution is -2.31. The van der Waals surface area contributed by atoms with Crippen LogP contribution >= 0.6 is 0 Å². The Morgan fingerprint density at radius 3 is 2.85 bits per heavy atom. The number of aromatic nitrogens is 3. The molecule has 20 heavy (non-hydrogen) atoms. The second kappa shape index (κ2) is 4.42. The van der Waals surface area contributed by atoms with Crippen LogP contribution in [0.4, 0.5) is 0 Å². The molecule has 0 saturated carbocycles. The number of rotatable bonds is 2. The van der Waals surface area contributed by atoms with E-state index in [-0.39, 0.29) is 0 Å². The molecule has 4 heteroatoms. The predicted molar refractivity (Wildman–Crippen MR) is 77.6 cm³/mol. The lowest BCUT2D eigenvalue weighted by Gasteiger charge is -2.26. The molecule has 3 heterocycles. The first-order valence-corrected chi connectivity index (χ1v) is 6.79. The highest BCUT2D eigenvalue weighted by Gasteiger charge is 2.22. The topological polar surface area (TPSA) is 39.9 Å². The van der Waals surface area contributed by atoms with Crippen LogP contribution in [0.15, 0.2) is 42.7 Å². The second-order valence-corrected chi connectivity index (χ2v) is 5.27. The van der Waals surface area contributed by atoms with E-state index < -0.39 is 0 Å². The highest BCUT2D eigenvalue weighted by atomic mass is 16.5. The molecule has 0 atom stereocenters. The lowest BCUT2D eigenvalue weighted by molar-refractivity contribution is -0.0266. The number of fused-ring (bicyclic) bond motifs is 1. The van der Waals surface area contributed by atoms with Gasteiger partial charge in [-0.05, 0) is 36.8 Å². The number of pyridine rings is 1. The summed E-state index contributed by atoms with van der Waals surface area (Å²) in [4.78, 5) is 4.44. The van der Waals surface area contributed by atoms with Crippen LogP contribution in [-0.4, -0.2) is 28.0 Å². The van der Waals surface area contributed by atoms with Crippen LogP contribution in [0.3, 0.4) is 0 Å². The van der Waals surface area contributed by atoms with Gasteiger partial charge in [0, 0.05) is 17.1 Å². The zero-order chi connectivity index (χ0) is 13.5. The Morgan fingerprint density at radius 2 is 2.10 bits per heavy atom. The molecule has 0 amide bonds. The number of benzene rings is 1. The number of aryl methyl sites for hydroxylation is 1. The maximum Gasteiger partial charge on any atom is 0.0992 e. The molecule has 1 aliphatic rings. The van der Waals surface area contributed by atoms with E-state index in [0.29, 0.717) is 6.04 Å². The molecule has 0 bridgehead atoms. The summed E-state index contributed by atoms with van der Waals surface area (Å²) in [6, 6.07) is 10.9. The van der Waals surface area contributed by atoms with Crippen molar-refractivity contribution in [2.45, 2.75) is 13.0 Å². The van der Waals surface area contributed by atoms with E-state index >= 15 is 0 Å². The zero-order valence-corrected chi connectivity index (χ0v) is 11.3. The fraction of sp³-hybridized carbons (Fsp3) is 0.250. The molecule has 0 unspecified atom stereocenters. The molecule has 1 saturated heterocycles. The summed E-state index contributed by atoms with van der Waals surface area (Å²) < 4.78 is 7.30. The van der Waals surface area contributed by atoms with Crippen LogP contribution in [0, 0.1) is 6.92 Å². The van der Waals surface area contributed by atoms with Crippen molar-refractivity contribution in [3.63, 3.8) is 0 Å². The highest BCUT2D eigenvalue weighted by molar-refractivity contribution is 5.84. The average molecular weight is 265 g/mol. The van der Waals surface area contributed by atoms with Crippen molar-refractivity contribution in [3.8, 4) is 11.3 Å². The van der Waals surface area contributed by atoms with Crippen LogP contribution in [0.2, 0.25) is 0 Å². The Hall–Kier alpha value is -2.20. The molecule has 1 aromatic carbocycles. The summed E-state index contributed by atoms with van der Waals surface area (Å²) in [5.41, 5.74) is 4.52. The largest absolute Gasteiger partial charge is 0.377 e. The average Bonchev–Trinajstić information content (AvgIpc) is 2.80. The van der Waals surface area contributed by atoms with Crippen molar-refractivity contribution in [1.82, 2.24) is 14.8 Å². The van der Waals surface area contributed by atoms with Gasteiger partial charge in [0.05, 0.1) is 36.7 Å². The van der Waals surface area contributed by atoms with Crippen molar-refractivity contribution in [2.75, 3.05) is 13.2 Å². The van der Waals surface area contributed by atoms with Gasteiger partial charge in [-0.25, -0.2) is 0 Å². The van der Waals surface area contributed by atoms with Gasteiger partial charge in [0.15, 0.2) is 0 Å². The van der Waals surface area contributed by atoms with Crippen molar-refractivity contribution in [1.29, 1.82) is 0 Å². The summed E-state index contributed by atoms with van der Waals surface area (Å²) in [6.45, 7) is 3.61. The van der Waals surface area contributed by atoms with Crippen LogP contribution in [-0.2, 0) is 4.74 Å². The normalized spacial score (nSPS) is 15.4. The van der Waals surface area contributed by atoms with Crippen LogP contribution in [0.5, 0.6) is 0 Å². The minimum Gasteiger partial charge on any atom is -0.377 e. The molecule has 3 aromatic rings. The van der Waals surface area contributed by atoms with E-state index in [1.165, 1.54) is 5.56 Å². The summed E-state index contributed by atoms with van der Waals surface area (Å²) in [5.74, 6) is 0. The lowest BCUT2D eigenvalue weighted by atomic mass is 10.1. The summed E-state index contributed by atoms with van der Waals surface area (Å²) in [7, 11) is 0. The first-order valence-electron chi connectivity index (χ1n) is 6.79. The summed E-state index contributed by atoms with van der Waals surface area (Å²) >= 11 is 0. The van der Waals surface area contributed by atoms with Gasteiger partial charge < -0.3 is 4.74 Å². The van der Waals surface area contributed by atoms with Crippen molar-refractivity contribution < 1.29 is 4.74 Å². The zero-order valence-electron chi connectivity index (χ0n) is 11.3. The van der Waals surface area contributed by atoms with Gasteiger partial charge in [0.2, 0.25) is 0 Å². The third kappa shape index (κ3) is 1.80. The molecular weight excluding hydrogens is 250 g/mol. The van der Waals surface area contributed by atoms with Crippen molar-refractivity contribution in [3.05, 3.63) is 48.3 Å². The Labute approximate surface area is 117 Å². The molecule has 0 radical (unpaired) electrons. The highest BCUT2D eigenvalue weighted by Crippen LogP contribution is 2.27. The maximum absolute atomic E-state index is 5.24. The van der Waals surface area contributed by atoms with Gasteiger partial charge in [-0.15, -0.1) is 0 Å². The Bertz CT molecular complexity index is 774. The van der Waals surface area contributed by atoms with Gasteiger partial charge in [-0.3, -0.25) is 9.67 Å². The van der Waals surface area contributed by atoms with Gasteiger partial charge in [0.1, 0.15) is 0 Å². The molecule has 4 nitrogen and oxygen atoms in total. The fourth-order valence-corrected chi connectivity index (χ4v) is 2.56. The van der Waals surface area contributed by atoms with Crippen molar-refractivity contribution in [2.24, 2.45) is 0 Å². The third-order valence-electron chi connectivity index (χ3n) is 3.77. The van der Waals surface area contributed by atoms with Gasteiger partial charge in [-0.1, -0.05) is 6.07 Å². The molecule has 0 N–H and O–H groups in total. The Morgan fingerprint density at radius 1 is 1.20 bits per heavy atom. The SMILES string of the molecule is Cc1ccnc(-c2ccc3c(cnn3C3COC3)c2)c1. The molecule has 0 spiro atoms. The summed E-state index contributed by atoms with van der Waals surface area (Å²) in [6.07, 6.45) is 3.77. The smallest absolute Gasteiger partial charge is 0.0992 e. The van der Waals surface area contributed by atoms with Crippen molar-refractivity contribution >= 4 is 10.9 Å². The van der Waals surface area contributed by atoms with Crippen LogP contribution in [0.25, 0.3) is 22.2 Å². The molecule has 1 fully saturated rings. The van der Waals surface area contributed by atoms with Crippen LogP contribution in [0.1, 0.15) is 11.6 Å².